The van der Waals surface area contributed by atoms with Crippen molar-refractivity contribution >= 4 is 39.9 Å². The summed E-state index contributed by atoms with van der Waals surface area (Å²) >= 11 is 5.88. The Morgan fingerprint density at radius 1 is 1.18 bits per heavy atom. The smallest absolute Gasteiger partial charge is 0.359 e. The maximum absolute atomic E-state index is 12.5. The monoisotopic (exact) mass is 400 g/mol. The zero-order chi connectivity index (χ0) is 20.1. The lowest BCUT2D eigenvalue weighted by molar-refractivity contribution is -0.119. The third-order valence-electron chi connectivity index (χ3n) is 3.86. The first-order valence-corrected chi connectivity index (χ1v) is 8.96. The minimum atomic E-state index is -0.798. The van der Waals surface area contributed by atoms with E-state index in [1.165, 1.54) is 10.9 Å². The Balaban J connectivity index is 1.80. The molecule has 0 aliphatic rings. The molecule has 0 bridgehead atoms. The Hall–Kier alpha value is -3.26. The number of aryl methyl sites for hydroxylation is 1. The van der Waals surface area contributed by atoms with Crippen molar-refractivity contribution in [1.82, 2.24) is 14.8 Å². The number of aromatic nitrogens is 3. The van der Waals surface area contributed by atoms with Gasteiger partial charge in [0.2, 0.25) is 0 Å². The Morgan fingerprint density at radius 3 is 2.64 bits per heavy atom. The molecule has 0 saturated heterocycles. The zero-order valence-electron chi connectivity index (χ0n) is 15.0. The van der Waals surface area contributed by atoms with Gasteiger partial charge in [-0.25, -0.2) is 14.5 Å². The predicted molar refractivity (Wildman–Crippen MR) is 104 cm³/mol. The first-order valence-electron chi connectivity index (χ1n) is 8.58. The van der Waals surface area contributed by atoms with Gasteiger partial charge < -0.3 is 10.1 Å². The molecule has 144 valence electrons. The molecule has 1 N–H and O–H groups in total. The first kappa shape index (κ1) is 19.5. The number of anilines is 1. The quantitative estimate of drug-likeness (QED) is 0.504. The van der Waals surface area contributed by atoms with Crippen molar-refractivity contribution in [2.75, 3.05) is 11.9 Å². The Labute approximate surface area is 165 Å². The van der Waals surface area contributed by atoms with Gasteiger partial charge in [0.05, 0.1) is 11.1 Å². The van der Waals surface area contributed by atoms with Crippen LogP contribution in [-0.4, -0.2) is 33.2 Å². The second kappa shape index (κ2) is 8.62. The van der Waals surface area contributed by atoms with Gasteiger partial charge in [-0.3, -0.25) is 9.59 Å². The molecule has 0 aliphatic carbocycles. The lowest BCUT2D eigenvalue weighted by atomic mass is 10.1. The molecule has 8 nitrogen and oxygen atoms in total. The number of nitrogens with one attached hydrogen (secondary N) is 1. The van der Waals surface area contributed by atoms with E-state index >= 15 is 0 Å². The van der Waals surface area contributed by atoms with Crippen molar-refractivity contribution in [1.29, 1.82) is 0 Å². The summed E-state index contributed by atoms with van der Waals surface area (Å²) in [6, 6.07) is 9.83. The van der Waals surface area contributed by atoms with Crippen LogP contribution in [0.1, 0.15) is 23.8 Å². The number of hydrogen-bond acceptors (Lipinski definition) is 6. The Bertz CT molecular complexity index is 1100. The average molecular weight is 401 g/mol. The highest BCUT2D eigenvalue weighted by Gasteiger charge is 2.19. The summed E-state index contributed by atoms with van der Waals surface area (Å²) in [6.45, 7) is 1.73. The highest BCUT2D eigenvalue weighted by atomic mass is 35.5. The summed E-state index contributed by atoms with van der Waals surface area (Å²) in [4.78, 5) is 40.9. The molecule has 0 aliphatic heterocycles. The highest BCUT2D eigenvalue weighted by molar-refractivity contribution is 6.32. The number of carbonyl (C=O) groups is 2. The molecule has 0 radical (unpaired) electrons. The van der Waals surface area contributed by atoms with Gasteiger partial charge in [0, 0.05) is 18.1 Å². The van der Waals surface area contributed by atoms with Crippen LogP contribution in [0.4, 0.5) is 5.69 Å². The summed E-state index contributed by atoms with van der Waals surface area (Å²) in [5.41, 5.74) is 0.0131. The van der Waals surface area contributed by atoms with Gasteiger partial charge in [-0.15, -0.1) is 0 Å². The molecular weight excluding hydrogens is 384 g/mol. The van der Waals surface area contributed by atoms with Gasteiger partial charge in [-0.1, -0.05) is 36.7 Å². The van der Waals surface area contributed by atoms with E-state index in [1.54, 1.807) is 36.4 Å². The number of amides is 1. The molecule has 0 fully saturated rings. The van der Waals surface area contributed by atoms with E-state index in [-0.39, 0.29) is 16.4 Å². The maximum atomic E-state index is 12.5. The van der Waals surface area contributed by atoms with Crippen LogP contribution in [0.25, 0.3) is 10.8 Å². The Kier molecular flexibility index (Phi) is 6.00. The molecule has 0 saturated carbocycles. The molecule has 3 aromatic rings. The van der Waals surface area contributed by atoms with E-state index in [4.69, 9.17) is 16.3 Å². The van der Waals surface area contributed by atoms with Gasteiger partial charge in [0.15, 0.2) is 17.5 Å². The minimum absolute atomic E-state index is 0.0177. The van der Waals surface area contributed by atoms with E-state index in [2.05, 4.69) is 15.4 Å². The average Bonchev–Trinajstić information content (AvgIpc) is 2.70. The molecule has 2 heterocycles. The molecule has 0 atom stereocenters. The molecule has 28 heavy (non-hydrogen) atoms. The lowest BCUT2D eigenvalue weighted by Crippen LogP contribution is -2.27. The molecule has 0 unspecified atom stereocenters. The number of hydrogen-bond donors (Lipinski definition) is 1. The number of rotatable bonds is 6. The van der Waals surface area contributed by atoms with Gasteiger partial charge in [-0.2, -0.15) is 5.10 Å². The molecule has 2 aromatic heterocycles. The maximum Gasteiger partial charge on any atom is 0.359 e. The van der Waals surface area contributed by atoms with Crippen molar-refractivity contribution in [2.24, 2.45) is 0 Å². The minimum Gasteiger partial charge on any atom is -0.451 e. The fraction of sp³-hybridized carbons (Fsp3) is 0.211. The van der Waals surface area contributed by atoms with Crippen LogP contribution in [0.2, 0.25) is 5.15 Å². The topological polar surface area (TPSA) is 103 Å². The van der Waals surface area contributed by atoms with E-state index in [9.17, 15) is 14.4 Å². The third kappa shape index (κ3) is 4.17. The van der Waals surface area contributed by atoms with E-state index < -0.39 is 18.5 Å². The summed E-state index contributed by atoms with van der Waals surface area (Å²) < 4.78 is 6.32. The molecule has 9 heteroatoms. The largest absolute Gasteiger partial charge is 0.451 e. The van der Waals surface area contributed by atoms with Gasteiger partial charge in [0.25, 0.3) is 11.5 Å². The number of benzene rings is 1. The van der Waals surface area contributed by atoms with Crippen molar-refractivity contribution in [3.05, 3.63) is 63.8 Å². The fourth-order valence-electron chi connectivity index (χ4n) is 2.61. The standard InChI is InChI=1S/C19H17ClN4O4/c1-2-10-24-18(26)13-7-4-3-6-12(13)16(23-24)19(27)28-11-15(25)22-14-8-5-9-21-17(14)20/h3-9H,2,10-11H2,1H3,(H,22,25). The number of pyridine rings is 1. The number of ether oxygens (including phenoxy) is 1. The number of esters is 1. The second-order valence-electron chi connectivity index (χ2n) is 5.89. The van der Waals surface area contributed by atoms with E-state index in [0.717, 1.165) is 0 Å². The molecular formula is C19H17ClN4O4. The predicted octanol–water partition coefficient (Wildman–Crippen LogP) is 2.65. The van der Waals surface area contributed by atoms with Crippen LogP contribution in [0, 0.1) is 0 Å². The number of carbonyl (C=O) groups excluding carboxylic acids is 2. The van der Waals surface area contributed by atoms with Gasteiger partial charge in [0.1, 0.15) is 0 Å². The molecule has 1 amide bonds. The molecule has 0 spiro atoms. The van der Waals surface area contributed by atoms with Crippen LogP contribution in [0.5, 0.6) is 0 Å². The van der Waals surface area contributed by atoms with E-state index in [1.807, 2.05) is 6.92 Å². The number of nitrogens with zero attached hydrogens (tertiary/aromatic N) is 3. The summed E-state index contributed by atoms with van der Waals surface area (Å²) in [7, 11) is 0. The summed E-state index contributed by atoms with van der Waals surface area (Å²) in [6.07, 6.45) is 2.16. The van der Waals surface area contributed by atoms with Gasteiger partial charge in [-0.05, 0) is 24.6 Å². The normalized spacial score (nSPS) is 10.6. The molecule has 1 aromatic carbocycles. The first-order chi connectivity index (χ1) is 13.5. The number of fused-ring (bicyclic) bond motifs is 1. The second-order valence-corrected chi connectivity index (χ2v) is 6.25. The lowest BCUT2D eigenvalue weighted by Gasteiger charge is -2.10. The van der Waals surface area contributed by atoms with Crippen molar-refractivity contribution in [3.8, 4) is 0 Å². The van der Waals surface area contributed by atoms with Crippen molar-refractivity contribution < 1.29 is 14.3 Å². The Morgan fingerprint density at radius 2 is 1.93 bits per heavy atom. The van der Waals surface area contributed by atoms with E-state index in [0.29, 0.717) is 29.4 Å². The van der Waals surface area contributed by atoms with Crippen LogP contribution in [-0.2, 0) is 16.1 Å². The van der Waals surface area contributed by atoms with Crippen LogP contribution < -0.4 is 10.9 Å². The summed E-state index contributed by atoms with van der Waals surface area (Å²) in [5, 5.41) is 7.51. The zero-order valence-corrected chi connectivity index (χ0v) is 15.8. The summed E-state index contributed by atoms with van der Waals surface area (Å²) in [5.74, 6) is -1.37. The van der Waals surface area contributed by atoms with Crippen molar-refractivity contribution in [2.45, 2.75) is 19.9 Å². The fourth-order valence-corrected chi connectivity index (χ4v) is 2.78. The van der Waals surface area contributed by atoms with Crippen LogP contribution in [0.15, 0.2) is 47.4 Å². The molecule has 3 rings (SSSR count). The number of halogens is 1. The third-order valence-corrected chi connectivity index (χ3v) is 4.17. The highest BCUT2D eigenvalue weighted by Crippen LogP contribution is 2.17. The van der Waals surface area contributed by atoms with Crippen LogP contribution >= 0.6 is 11.6 Å². The van der Waals surface area contributed by atoms with Crippen molar-refractivity contribution in [3.63, 3.8) is 0 Å². The van der Waals surface area contributed by atoms with Crippen LogP contribution in [0.3, 0.4) is 0 Å². The van der Waals surface area contributed by atoms with Gasteiger partial charge >= 0.3 is 5.97 Å². The SMILES string of the molecule is CCCn1nc(C(=O)OCC(=O)Nc2cccnc2Cl)c2ccccc2c1=O.